The Morgan fingerprint density at radius 1 is 1.05 bits per heavy atom. The molecule has 2 N–H and O–H groups in total. The monoisotopic (exact) mass is 401 g/mol. The fraction of sp³-hybridized carbons (Fsp3) is 0.588. The minimum Gasteiger partial charge on any atom is -0.370 e. The third-order valence-corrected chi connectivity index (χ3v) is 4.04. The van der Waals surface area contributed by atoms with E-state index in [9.17, 15) is 0 Å². The topological polar surface area (TPSA) is 41.6 Å². The zero-order valence-corrected chi connectivity index (χ0v) is 15.4. The number of hydrogen-bond acceptors (Lipinski definition) is 1. The van der Waals surface area contributed by atoms with Crippen LogP contribution in [0.3, 0.4) is 0 Å². The van der Waals surface area contributed by atoms with Crippen molar-refractivity contribution in [3.63, 3.8) is 0 Å². The molecule has 4 heteroatoms. The number of benzene rings is 1. The lowest BCUT2D eigenvalue weighted by Crippen LogP contribution is -2.38. The summed E-state index contributed by atoms with van der Waals surface area (Å²) < 4.78 is 0. The summed E-state index contributed by atoms with van der Waals surface area (Å²) in [5.74, 6) is 0.733. The summed E-state index contributed by atoms with van der Waals surface area (Å²) in [6, 6.07) is 8.82. The van der Waals surface area contributed by atoms with Crippen LogP contribution in [0.5, 0.6) is 0 Å². The van der Waals surface area contributed by atoms with Gasteiger partial charge in [-0.05, 0) is 36.8 Å². The largest absolute Gasteiger partial charge is 0.370 e. The number of aryl methyl sites for hydroxylation is 1. The molecule has 118 valence electrons. The molecule has 1 fully saturated rings. The van der Waals surface area contributed by atoms with Crippen LogP contribution in [0.4, 0.5) is 0 Å². The first-order valence-electron chi connectivity index (χ1n) is 7.92. The first-order chi connectivity index (χ1) is 9.79. The lowest BCUT2D eigenvalue weighted by Gasteiger charge is -2.21. The SMILES string of the molecule is CCc1ccc(CCN=C(N)N2CCCCCC2)cc1.I. The van der Waals surface area contributed by atoms with Gasteiger partial charge in [-0.2, -0.15) is 0 Å². The molecule has 0 spiro atoms. The Morgan fingerprint density at radius 3 is 2.19 bits per heavy atom. The summed E-state index contributed by atoms with van der Waals surface area (Å²) in [7, 11) is 0. The highest BCUT2D eigenvalue weighted by molar-refractivity contribution is 14.0. The van der Waals surface area contributed by atoms with Gasteiger partial charge in [-0.25, -0.2) is 0 Å². The van der Waals surface area contributed by atoms with Crippen molar-refractivity contribution < 1.29 is 0 Å². The van der Waals surface area contributed by atoms with Crippen LogP contribution in [0.15, 0.2) is 29.3 Å². The highest BCUT2D eigenvalue weighted by atomic mass is 127. The van der Waals surface area contributed by atoms with Crippen molar-refractivity contribution in [3.05, 3.63) is 35.4 Å². The maximum Gasteiger partial charge on any atom is 0.191 e. The van der Waals surface area contributed by atoms with Crippen molar-refractivity contribution >= 4 is 29.9 Å². The molecule has 0 unspecified atom stereocenters. The summed E-state index contributed by atoms with van der Waals surface area (Å²) in [5, 5.41) is 0. The standard InChI is InChI=1S/C17H27N3.HI/c1-2-15-7-9-16(10-8-15)11-12-19-17(18)20-13-5-3-4-6-14-20;/h7-10H,2-6,11-14H2,1H3,(H2,18,19);1H. The maximum absolute atomic E-state index is 6.10. The lowest BCUT2D eigenvalue weighted by atomic mass is 10.1. The van der Waals surface area contributed by atoms with Crippen LogP contribution in [0.2, 0.25) is 0 Å². The molecule has 0 aromatic heterocycles. The van der Waals surface area contributed by atoms with E-state index in [1.54, 1.807) is 0 Å². The highest BCUT2D eigenvalue weighted by Gasteiger charge is 2.10. The summed E-state index contributed by atoms with van der Waals surface area (Å²) in [5.41, 5.74) is 8.84. The van der Waals surface area contributed by atoms with E-state index in [-0.39, 0.29) is 24.0 Å². The second-order valence-electron chi connectivity index (χ2n) is 5.56. The zero-order valence-electron chi connectivity index (χ0n) is 13.1. The molecule has 1 heterocycles. The van der Waals surface area contributed by atoms with Gasteiger partial charge in [-0.1, -0.05) is 44.0 Å². The molecular weight excluding hydrogens is 373 g/mol. The van der Waals surface area contributed by atoms with E-state index in [1.807, 2.05) is 0 Å². The van der Waals surface area contributed by atoms with Crippen LogP contribution in [-0.4, -0.2) is 30.5 Å². The summed E-state index contributed by atoms with van der Waals surface area (Å²) in [6.45, 7) is 5.11. The van der Waals surface area contributed by atoms with E-state index >= 15 is 0 Å². The maximum atomic E-state index is 6.10. The molecule has 1 saturated heterocycles. The van der Waals surface area contributed by atoms with Crippen LogP contribution in [-0.2, 0) is 12.8 Å². The van der Waals surface area contributed by atoms with Gasteiger partial charge in [0.2, 0.25) is 0 Å². The number of likely N-dealkylation sites (tertiary alicyclic amines) is 1. The van der Waals surface area contributed by atoms with Crippen molar-refractivity contribution in [1.82, 2.24) is 4.90 Å². The van der Waals surface area contributed by atoms with Gasteiger partial charge in [-0.3, -0.25) is 4.99 Å². The fourth-order valence-corrected chi connectivity index (χ4v) is 2.64. The van der Waals surface area contributed by atoms with E-state index in [2.05, 4.69) is 41.1 Å². The van der Waals surface area contributed by atoms with E-state index in [0.717, 1.165) is 38.4 Å². The van der Waals surface area contributed by atoms with E-state index in [0.29, 0.717) is 0 Å². The van der Waals surface area contributed by atoms with Gasteiger partial charge in [0.05, 0.1) is 0 Å². The van der Waals surface area contributed by atoms with E-state index in [1.165, 1.54) is 36.8 Å². The number of hydrogen-bond donors (Lipinski definition) is 1. The number of aliphatic imine (C=N–C) groups is 1. The quantitative estimate of drug-likeness (QED) is 0.476. The molecule has 1 aromatic rings. The van der Waals surface area contributed by atoms with Gasteiger partial charge >= 0.3 is 0 Å². The smallest absolute Gasteiger partial charge is 0.191 e. The second-order valence-corrected chi connectivity index (χ2v) is 5.56. The molecule has 0 bridgehead atoms. The molecule has 1 aliphatic rings. The van der Waals surface area contributed by atoms with E-state index < -0.39 is 0 Å². The minimum atomic E-state index is 0. The molecule has 21 heavy (non-hydrogen) atoms. The third-order valence-electron chi connectivity index (χ3n) is 4.04. The van der Waals surface area contributed by atoms with Crippen molar-refractivity contribution in [2.24, 2.45) is 10.7 Å². The van der Waals surface area contributed by atoms with Crippen LogP contribution >= 0.6 is 24.0 Å². The molecular formula is C17H28IN3. The minimum absolute atomic E-state index is 0. The average Bonchev–Trinajstić information content (AvgIpc) is 2.77. The van der Waals surface area contributed by atoms with Crippen molar-refractivity contribution in [2.75, 3.05) is 19.6 Å². The summed E-state index contributed by atoms with van der Waals surface area (Å²) in [4.78, 5) is 6.79. The number of rotatable bonds is 4. The Bertz CT molecular complexity index is 420. The predicted molar refractivity (Wildman–Crippen MR) is 101 cm³/mol. The summed E-state index contributed by atoms with van der Waals surface area (Å²) >= 11 is 0. The van der Waals surface area contributed by atoms with Gasteiger partial charge in [-0.15, -0.1) is 24.0 Å². The number of guanidine groups is 1. The predicted octanol–water partition coefficient (Wildman–Crippen LogP) is 3.60. The van der Waals surface area contributed by atoms with Gasteiger partial charge in [0.15, 0.2) is 5.96 Å². The molecule has 1 aromatic carbocycles. The molecule has 1 aliphatic heterocycles. The van der Waals surface area contributed by atoms with Gasteiger partial charge in [0, 0.05) is 19.6 Å². The molecule has 0 saturated carbocycles. The van der Waals surface area contributed by atoms with Crippen molar-refractivity contribution in [2.45, 2.75) is 45.4 Å². The second kappa shape index (κ2) is 10.0. The first kappa shape index (κ1) is 18.3. The Labute approximate surface area is 146 Å². The normalized spacial score (nSPS) is 16.2. The molecule has 0 aliphatic carbocycles. The van der Waals surface area contributed by atoms with Gasteiger partial charge < -0.3 is 10.6 Å². The fourth-order valence-electron chi connectivity index (χ4n) is 2.64. The van der Waals surface area contributed by atoms with Crippen LogP contribution < -0.4 is 5.73 Å². The molecule has 0 amide bonds. The number of nitrogens with zero attached hydrogens (tertiary/aromatic N) is 2. The molecule has 2 rings (SSSR count). The van der Waals surface area contributed by atoms with Gasteiger partial charge in [0.1, 0.15) is 0 Å². The highest BCUT2D eigenvalue weighted by Crippen LogP contribution is 2.09. The average molecular weight is 401 g/mol. The summed E-state index contributed by atoms with van der Waals surface area (Å²) in [6.07, 6.45) is 7.21. The van der Waals surface area contributed by atoms with Gasteiger partial charge in [0.25, 0.3) is 0 Å². The van der Waals surface area contributed by atoms with Crippen LogP contribution in [0.25, 0.3) is 0 Å². The van der Waals surface area contributed by atoms with Crippen LogP contribution in [0, 0.1) is 0 Å². The third kappa shape index (κ3) is 6.24. The Kier molecular flexibility index (Phi) is 8.73. The molecule has 0 atom stereocenters. The van der Waals surface area contributed by atoms with Crippen molar-refractivity contribution in [3.8, 4) is 0 Å². The lowest BCUT2D eigenvalue weighted by molar-refractivity contribution is 0.428. The van der Waals surface area contributed by atoms with Crippen LogP contribution in [0.1, 0.15) is 43.7 Å². The Hall–Kier alpha value is -0.780. The van der Waals surface area contributed by atoms with E-state index in [4.69, 9.17) is 5.73 Å². The Balaban J connectivity index is 0.00000220. The zero-order chi connectivity index (χ0) is 14.2. The Morgan fingerprint density at radius 2 is 1.62 bits per heavy atom. The number of halogens is 1. The van der Waals surface area contributed by atoms with Crippen molar-refractivity contribution in [1.29, 1.82) is 0 Å². The number of nitrogens with two attached hydrogens (primary N) is 1. The molecule has 0 radical (unpaired) electrons. The molecule has 3 nitrogen and oxygen atoms in total. The first-order valence-corrected chi connectivity index (χ1v) is 7.92.